The Morgan fingerprint density at radius 2 is 1.90 bits per heavy atom. The number of fused-ring (bicyclic) bond motifs is 2. The Balaban J connectivity index is 1.97. The van der Waals surface area contributed by atoms with E-state index in [1.54, 1.807) is 16.4 Å². The van der Waals surface area contributed by atoms with Gasteiger partial charge in [0, 0.05) is 12.6 Å². The summed E-state index contributed by atoms with van der Waals surface area (Å²) in [5.74, 6) is 0. The van der Waals surface area contributed by atoms with Gasteiger partial charge in [0.05, 0.1) is 4.90 Å². The third-order valence-corrected chi connectivity index (χ3v) is 5.89. The maximum Gasteiger partial charge on any atom is 0.243 e. The number of allylic oxidation sites excluding steroid dienone is 3. The maximum absolute atomic E-state index is 12.9. The number of rotatable bonds is 2. The van der Waals surface area contributed by atoms with Crippen LogP contribution in [0.4, 0.5) is 0 Å². The van der Waals surface area contributed by atoms with Crippen LogP contribution in [-0.2, 0) is 10.0 Å². The molecule has 0 fully saturated rings. The summed E-state index contributed by atoms with van der Waals surface area (Å²) < 4.78 is 27.5. The molecule has 0 amide bonds. The van der Waals surface area contributed by atoms with E-state index in [1.165, 1.54) is 5.57 Å². The second-order valence-electron chi connectivity index (χ2n) is 5.51. The molecule has 1 aliphatic heterocycles. The predicted octanol–water partition coefficient (Wildman–Crippen LogP) is 3.20. The number of sulfonamides is 1. The highest BCUT2D eigenvalue weighted by molar-refractivity contribution is 7.89. The lowest BCUT2D eigenvalue weighted by Crippen LogP contribution is -2.39. The van der Waals surface area contributed by atoms with E-state index < -0.39 is 10.0 Å². The van der Waals surface area contributed by atoms with Crippen LogP contribution in [0.25, 0.3) is 0 Å². The van der Waals surface area contributed by atoms with Crippen molar-refractivity contribution in [2.24, 2.45) is 0 Å². The standard InChI is InChI=1S/C17H19NO2S/c1-14-8-10-17(11-9-14)21(19,20)18-12-4-6-15-5-2-3-7-16(18)13-15/h2-3,5-11,16H,4,12-13H2,1H3/t16-/m0/s1. The number of aryl methyl sites for hydroxylation is 1. The Labute approximate surface area is 126 Å². The van der Waals surface area contributed by atoms with Crippen molar-refractivity contribution in [2.45, 2.75) is 30.7 Å². The Hall–Kier alpha value is -1.65. The normalized spacial score (nSPS) is 22.5. The zero-order valence-corrected chi connectivity index (χ0v) is 12.9. The molecule has 1 aliphatic carbocycles. The molecule has 4 heteroatoms. The molecule has 3 rings (SSSR count). The van der Waals surface area contributed by atoms with Gasteiger partial charge in [-0.05, 0) is 31.9 Å². The van der Waals surface area contributed by atoms with Crippen LogP contribution in [0.2, 0.25) is 0 Å². The smallest absolute Gasteiger partial charge is 0.207 e. The highest BCUT2D eigenvalue weighted by atomic mass is 32.2. The molecule has 1 aromatic rings. The molecule has 110 valence electrons. The van der Waals surface area contributed by atoms with Crippen LogP contribution in [0, 0.1) is 6.92 Å². The summed E-state index contributed by atoms with van der Waals surface area (Å²) in [6.07, 6.45) is 11.6. The third kappa shape index (κ3) is 2.87. The van der Waals surface area contributed by atoms with E-state index >= 15 is 0 Å². The van der Waals surface area contributed by atoms with Gasteiger partial charge in [-0.1, -0.05) is 53.6 Å². The average molecular weight is 301 g/mol. The topological polar surface area (TPSA) is 37.4 Å². The monoisotopic (exact) mass is 301 g/mol. The van der Waals surface area contributed by atoms with Crippen LogP contribution in [0.1, 0.15) is 18.4 Å². The average Bonchev–Trinajstić information content (AvgIpc) is 2.81. The van der Waals surface area contributed by atoms with Gasteiger partial charge in [-0.25, -0.2) is 8.42 Å². The highest BCUT2D eigenvalue weighted by Crippen LogP contribution is 2.27. The van der Waals surface area contributed by atoms with Crippen molar-refractivity contribution in [3.8, 4) is 0 Å². The molecular weight excluding hydrogens is 282 g/mol. The molecule has 2 bridgehead atoms. The van der Waals surface area contributed by atoms with Gasteiger partial charge in [-0.15, -0.1) is 0 Å². The summed E-state index contributed by atoms with van der Waals surface area (Å²) in [5, 5.41) is 0. The molecule has 1 atom stereocenters. The number of hydrogen-bond donors (Lipinski definition) is 0. The van der Waals surface area contributed by atoms with Crippen LogP contribution in [-0.4, -0.2) is 25.3 Å². The largest absolute Gasteiger partial charge is 0.243 e. The quantitative estimate of drug-likeness (QED) is 0.841. The zero-order valence-electron chi connectivity index (χ0n) is 12.1. The van der Waals surface area contributed by atoms with Crippen molar-refractivity contribution in [3.05, 3.63) is 65.8 Å². The third-order valence-electron chi connectivity index (χ3n) is 3.95. The number of benzene rings is 1. The Bertz CT molecular complexity index is 712. The second kappa shape index (κ2) is 5.62. The fourth-order valence-electron chi connectivity index (χ4n) is 2.79. The summed E-state index contributed by atoms with van der Waals surface area (Å²) in [4.78, 5) is 0.377. The van der Waals surface area contributed by atoms with Crippen LogP contribution < -0.4 is 0 Å². The van der Waals surface area contributed by atoms with E-state index in [1.807, 2.05) is 37.3 Å². The minimum Gasteiger partial charge on any atom is -0.207 e. The molecule has 0 saturated carbocycles. The Morgan fingerprint density at radius 1 is 1.14 bits per heavy atom. The van der Waals surface area contributed by atoms with Crippen molar-refractivity contribution >= 4 is 10.0 Å². The summed E-state index contributed by atoms with van der Waals surface area (Å²) >= 11 is 0. The van der Waals surface area contributed by atoms with Gasteiger partial charge in [0.2, 0.25) is 10.0 Å². The number of nitrogens with zero attached hydrogens (tertiary/aromatic N) is 1. The van der Waals surface area contributed by atoms with Crippen molar-refractivity contribution < 1.29 is 8.42 Å². The van der Waals surface area contributed by atoms with Gasteiger partial charge in [0.25, 0.3) is 0 Å². The van der Waals surface area contributed by atoms with Crippen LogP contribution in [0.5, 0.6) is 0 Å². The van der Waals surface area contributed by atoms with Gasteiger partial charge < -0.3 is 0 Å². The zero-order chi connectivity index (χ0) is 14.9. The first-order valence-electron chi connectivity index (χ1n) is 7.20. The minimum absolute atomic E-state index is 0.0972. The van der Waals surface area contributed by atoms with Crippen LogP contribution >= 0.6 is 0 Å². The molecule has 2 aliphatic rings. The summed E-state index contributed by atoms with van der Waals surface area (Å²) in [7, 11) is -3.45. The predicted molar refractivity (Wildman–Crippen MR) is 84.5 cm³/mol. The molecule has 0 N–H and O–H groups in total. The molecule has 0 radical (unpaired) electrons. The van der Waals surface area contributed by atoms with E-state index in [-0.39, 0.29) is 6.04 Å². The molecule has 1 heterocycles. The van der Waals surface area contributed by atoms with E-state index in [0.29, 0.717) is 11.4 Å². The lowest BCUT2D eigenvalue weighted by Gasteiger charge is -2.27. The molecule has 0 saturated heterocycles. The first-order valence-corrected chi connectivity index (χ1v) is 8.64. The Kier molecular flexibility index (Phi) is 3.83. The Morgan fingerprint density at radius 3 is 2.67 bits per heavy atom. The molecule has 0 unspecified atom stereocenters. The van der Waals surface area contributed by atoms with Gasteiger partial charge >= 0.3 is 0 Å². The summed E-state index contributed by atoms with van der Waals surface area (Å²) in [6, 6.07) is 6.99. The van der Waals surface area contributed by atoms with Crippen LogP contribution in [0.3, 0.4) is 0 Å². The van der Waals surface area contributed by atoms with Crippen molar-refractivity contribution in [3.63, 3.8) is 0 Å². The van der Waals surface area contributed by atoms with Crippen molar-refractivity contribution in [1.29, 1.82) is 0 Å². The molecule has 3 nitrogen and oxygen atoms in total. The molecular formula is C17H19NO2S. The van der Waals surface area contributed by atoms with Gasteiger partial charge in [-0.3, -0.25) is 0 Å². The lowest BCUT2D eigenvalue weighted by atomic mass is 10.1. The fraction of sp³-hybridized carbons (Fsp3) is 0.294. The molecule has 21 heavy (non-hydrogen) atoms. The minimum atomic E-state index is -3.45. The van der Waals surface area contributed by atoms with Crippen molar-refractivity contribution in [2.75, 3.05) is 6.54 Å². The second-order valence-corrected chi connectivity index (χ2v) is 7.40. The molecule has 0 aromatic heterocycles. The summed E-state index contributed by atoms with van der Waals surface area (Å²) in [6.45, 7) is 2.49. The van der Waals surface area contributed by atoms with E-state index in [2.05, 4.69) is 12.2 Å². The lowest BCUT2D eigenvalue weighted by molar-refractivity contribution is 0.373. The van der Waals surface area contributed by atoms with Gasteiger partial charge in [0.15, 0.2) is 0 Å². The van der Waals surface area contributed by atoms with E-state index in [9.17, 15) is 8.42 Å². The summed E-state index contributed by atoms with van der Waals surface area (Å²) in [5.41, 5.74) is 2.28. The fourth-order valence-corrected chi connectivity index (χ4v) is 4.38. The van der Waals surface area contributed by atoms with Crippen LogP contribution in [0.15, 0.2) is 65.1 Å². The molecule has 1 aromatic carbocycles. The van der Waals surface area contributed by atoms with Gasteiger partial charge in [0.1, 0.15) is 0 Å². The maximum atomic E-state index is 12.9. The first-order chi connectivity index (χ1) is 10.1. The molecule has 0 spiro atoms. The van der Waals surface area contributed by atoms with E-state index in [4.69, 9.17) is 0 Å². The van der Waals surface area contributed by atoms with Gasteiger partial charge in [-0.2, -0.15) is 4.31 Å². The first kappa shape index (κ1) is 14.3. The van der Waals surface area contributed by atoms with E-state index in [0.717, 1.165) is 18.4 Å². The number of hydrogen-bond acceptors (Lipinski definition) is 2. The highest BCUT2D eigenvalue weighted by Gasteiger charge is 2.31. The SMILES string of the molecule is Cc1ccc(S(=O)(=O)N2CCC=C3C=CC=C[C@H]2C3)cc1. The van der Waals surface area contributed by atoms with Crippen molar-refractivity contribution in [1.82, 2.24) is 4.31 Å².